The Morgan fingerprint density at radius 2 is 2.28 bits per heavy atom. The number of nitrogens with two attached hydrogens (primary N) is 1. The summed E-state index contributed by atoms with van der Waals surface area (Å²) in [6, 6.07) is 5.13. The topological polar surface area (TPSA) is 64.3 Å². The van der Waals surface area contributed by atoms with Gasteiger partial charge in [0.15, 0.2) is 0 Å². The van der Waals surface area contributed by atoms with E-state index in [1.807, 2.05) is 0 Å². The van der Waals surface area contributed by atoms with Gasteiger partial charge < -0.3 is 15.8 Å². The minimum absolute atomic E-state index is 0.0680. The number of hydrogen-bond acceptors (Lipinski definition) is 3. The van der Waals surface area contributed by atoms with Gasteiger partial charge in [-0.1, -0.05) is 11.6 Å². The molecule has 4 nitrogen and oxygen atoms in total. The van der Waals surface area contributed by atoms with E-state index in [1.165, 1.54) is 7.11 Å². The molecule has 0 aromatic heterocycles. The van der Waals surface area contributed by atoms with Gasteiger partial charge in [-0.2, -0.15) is 0 Å². The third kappa shape index (κ3) is 2.94. The molecule has 0 bridgehead atoms. The molecular weight excluding hydrogens is 252 g/mol. The van der Waals surface area contributed by atoms with Crippen LogP contribution in [0, 0.1) is 0 Å². The van der Waals surface area contributed by atoms with E-state index >= 15 is 0 Å². The Morgan fingerprint density at radius 1 is 1.56 bits per heavy atom. The highest BCUT2D eigenvalue weighted by Gasteiger charge is 2.34. The molecule has 0 aliphatic heterocycles. The monoisotopic (exact) mass is 268 g/mol. The molecule has 0 unspecified atom stereocenters. The van der Waals surface area contributed by atoms with Crippen molar-refractivity contribution in [2.24, 2.45) is 5.73 Å². The first-order valence-corrected chi connectivity index (χ1v) is 6.32. The maximum atomic E-state index is 11.8. The SMILES string of the molecule is COc1cc(NC(=O)CC2(N)CCC2)ccc1Cl. The minimum atomic E-state index is -0.305. The summed E-state index contributed by atoms with van der Waals surface area (Å²) < 4.78 is 5.09. The van der Waals surface area contributed by atoms with Crippen LogP contribution in [0.4, 0.5) is 5.69 Å². The maximum Gasteiger partial charge on any atom is 0.226 e. The van der Waals surface area contributed by atoms with Crippen molar-refractivity contribution in [3.8, 4) is 5.75 Å². The first-order chi connectivity index (χ1) is 8.52. The van der Waals surface area contributed by atoms with Crippen LogP contribution in [0.25, 0.3) is 0 Å². The van der Waals surface area contributed by atoms with E-state index in [1.54, 1.807) is 18.2 Å². The lowest BCUT2D eigenvalue weighted by atomic mass is 9.75. The zero-order valence-corrected chi connectivity index (χ0v) is 11.1. The second kappa shape index (κ2) is 5.16. The summed E-state index contributed by atoms with van der Waals surface area (Å²) in [4.78, 5) is 11.8. The number of hydrogen-bond donors (Lipinski definition) is 2. The second-order valence-corrected chi connectivity index (χ2v) is 5.20. The van der Waals surface area contributed by atoms with Gasteiger partial charge in [0.1, 0.15) is 5.75 Å². The summed E-state index contributed by atoms with van der Waals surface area (Å²) in [5, 5.41) is 3.33. The predicted octanol–water partition coefficient (Wildman–Crippen LogP) is 2.56. The van der Waals surface area contributed by atoms with Crippen LogP contribution in [0.15, 0.2) is 18.2 Å². The molecule has 1 aromatic rings. The number of methoxy groups -OCH3 is 1. The predicted molar refractivity (Wildman–Crippen MR) is 72.0 cm³/mol. The lowest BCUT2D eigenvalue weighted by molar-refractivity contribution is -0.118. The minimum Gasteiger partial charge on any atom is -0.495 e. The van der Waals surface area contributed by atoms with Crippen LogP contribution in [0.3, 0.4) is 0 Å². The van der Waals surface area contributed by atoms with Crippen molar-refractivity contribution in [3.05, 3.63) is 23.2 Å². The Balaban J connectivity index is 1.98. The van der Waals surface area contributed by atoms with Crippen molar-refractivity contribution in [2.45, 2.75) is 31.2 Å². The van der Waals surface area contributed by atoms with E-state index in [9.17, 15) is 4.79 Å². The summed E-state index contributed by atoms with van der Waals surface area (Å²) in [7, 11) is 1.54. The number of anilines is 1. The number of rotatable bonds is 4. The molecule has 0 heterocycles. The molecular formula is C13H17ClN2O2. The van der Waals surface area contributed by atoms with Gasteiger partial charge in [0.2, 0.25) is 5.91 Å². The highest BCUT2D eigenvalue weighted by atomic mass is 35.5. The fourth-order valence-corrected chi connectivity index (χ4v) is 2.26. The molecule has 1 amide bonds. The highest BCUT2D eigenvalue weighted by Crippen LogP contribution is 2.33. The van der Waals surface area contributed by atoms with Crippen LogP contribution in [0.2, 0.25) is 5.02 Å². The van der Waals surface area contributed by atoms with E-state index in [-0.39, 0.29) is 11.4 Å². The molecule has 0 atom stereocenters. The van der Waals surface area contributed by atoms with Crippen LogP contribution in [0.5, 0.6) is 5.75 Å². The van der Waals surface area contributed by atoms with Crippen molar-refractivity contribution in [1.82, 2.24) is 0 Å². The molecule has 98 valence electrons. The number of carbonyl (C=O) groups excluding carboxylic acids is 1. The van der Waals surface area contributed by atoms with Crippen molar-refractivity contribution < 1.29 is 9.53 Å². The van der Waals surface area contributed by atoms with E-state index in [0.29, 0.717) is 22.9 Å². The molecule has 2 rings (SSSR count). The molecule has 5 heteroatoms. The average molecular weight is 269 g/mol. The van der Waals surface area contributed by atoms with Crippen molar-refractivity contribution in [3.63, 3.8) is 0 Å². The summed E-state index contributed by atoms with van der Waals surface area (Å²) in [6.07, 6.45) is 3.31. The quantitative estimate of drug-likeness (QED) is 0.882. The van der Waals surface area contributed by atoms with Gasteiger partial charge in [-0.05, 0) is 31.4 Å². The molecule has 0 radical (unpaired) electrons. The highest BCUT2D eigenvalue weighted by molar-refractivity contribution is 6.32. The molecule has 1 aromatic carbocycles. The Kier molecular flexibility index (Phi) is 3.78. The summed E-state index contributed by atoms with van der Waals surface area (Å²) in [5.74, 6) is 0.474. The van der Waals surface area contributed by atoms with Crippen molar-refractivity contribution in [2.75, 3.05) is 12.4 Å². The molecule has 3 N–H and O–H groups in total. The third-order valence-electron chi connectivity index (χ3n) is 3.30. The first-order valence-electron chi connectivity index (χ1n) is 5.95. The fraction of sp³-hybridized carbons (Fsp3) is 0.462. The normalized spacial score (nSPS) is 16.8. The van der Waals surface area contributed by atoms with E-state index in [0.717, 1.165) is 19.3 Å². The molecule has 1 aliphatic rings. The van der Waals surface area contributed by atoms with Crippen LogP contribution in [0.1, 0.15) is 25.7 Å². The lowest BCUT2D eigenvalue weighted by Crippen LogP contribution is -2.48. The average Bonchev–Trinajstić information content (AvgIpc) is 2.29. The second-order valence-electron chi connectivity index (χ2n) is 4.79. The van der Waals surface area contributed by atoms with Gasteiger partial charge in [-0.15, -0.1) is 0 Å². The zero-order valence-electron chi connectivity index (χ0n) is 10.3. The smallest absolute Gasteiger partial charge is 0.226 e. The Hall–Kier alpha value is -1.26. The molecule has 1 aliphatic carbocycles. The van der Waals surface area contributed by atoms with Gasteiger partial charge in [0.25, 0.3) is 0 Å². The largest absolute Gasteiger partial charge is 0.495 e. The van der Waals surface area contributed by atoms with Gasteiger partial charge in [-0.25, -0.2) is 0 Å². The van der Waals surface area contributed by atoms with Crippen LogP contribution >= 0.6 is 11.6 Å². The summed E-state index contributed by atoms with van der Waals surface area (Å²) in [6.45, 7) is 0. The lowest BCUT2D eigenvalue weighted by Gasteiger charge is -2.37. The summed E-state index contributed by atoms with van der Waals surface area (Å²) >= 11 is 5.91. The zero-order chi connectivity index (χ0) is 13.2. The number of amides is 1. The van der Waals surface area contributed by atoms with E-state index < -0.39 is 0 Å². The standard InChI is InChI=1S/C13H17ClN2O2/c1-18-11-7-9(3-4-10(11)14)16-12(17)8-13(15)5-2-6-13/h3-4,7H,2,5-6,8,15H2,1H3,(H,16,17). The Labute approximate surface area is 111 Å². The van der Waals surface area contributed by atoms with Gasteiger partial charge >= 0.3 is 0 Å². The molecule has 1 saturated carbocycles. The Bertz CT molecular complexity index is 458. The van der Waals surface area contributed by atoms with Crippen LogP contribution in [-0.2, 0) is 4.79 Å². The van der Waals surface area contributed by atoms with Gasteiger partial charge in [0, 0.05) is 23.7 Å². The number of ether oxygens (including phenoxy) is 1. The van der Waals surface area contributed by atoms with Crippen molar-refractivity contribution >= 4 is 23.2 Å². The first kappa shape index (κ1) is 13.2. The molecule has 0 saturated heterocycles. The molecule has 18 heavy (non-hydrogen) atoms. The fourth-order valence-electron chi connectivity index (χ4n) is 2.07. The van der Waals surface area contributed by atoms with Gasteiger partial charge in [0.05, 0.1) is 12.1 Å². The van der Waals surface area contributed by atoms with Gasteiger partial charge in [-0.3, -0.25) is 4.79 Å². The number of carbonyl (C=O) groups is 1. The molecule has 1 fully saturated rings. The van der Waals surface area contributed by atoms with E-state index in [2.05, 4.69) is 5.32 Å². The molecule has 0 spiro atoms. The Morgan fingerprint density at radius 3 is 2.83 bits per heavy atom. The third-order valence-corrected chi connectivity index (χ3v) is 3.61. The number of benzene rings is 1. The van der Waals surface area contributed by atoms with Crippen LogP contribution in [-0.4, -0.2) is 18.6 Å². The summed E-state index contributed by atoms with van der Waals surface area (Å²) in [5.41, 5.74) is 6.40. The van der Waals surface area contributed by atoms with E-state index in [4.69, 9.17) is 22.1 Å². The van der Waals surface area contributed by atoms with Crippen LogP contribution < -0.4 is 15.8 Å². The maximum absolute atomic E-state index is 11.8. The number of halogens is 1. The number of nitrogens with one attached hydrogen (secondary N) is 1. The van der Waals surface area contributed by atoms with Crippen molar-refractivity contribution in [1.29, 1.82) is 0 Å².